The molecule has 0 saturated heterocycles. The van der Waals surface area contributed by atoms with Gasteiger partial charge in [-0.15, -0.1) is 0 Å². The average molecular weight is 419 g/mol. The zero-order chi connectivity index (χ0) is 22.0. The van der Waals surface area contributed by atoms with E-state index in [-0.39, 0.29) is 6.04 Å². The predicted molar refractivity (Wildman–Crippen MR) is 121 cm³/mol. The predicted octanol–water partition coefficient (Wildman–Crippen LogP) is 4.50. The van der Waals surface area contributed by atoms with Crippen LogP contribution in [0.5, 0.6) is 23.0 Å². The molecule has 1 atom stereocenters. The van der Waals surface area contributed by atoms with Gasteiger partial charge in [-0.2, -0.15) is 0 Å². The number of ether oxygens (including phenoxy) is 4. The summed E-state index contributed by atoms with van der Waals surface area (Å²) >= 11 is 0. The van der Waals surface area contributed by atoms with Crippen molar-refractivity contribution in [3.8, 4) is 23.0 Å². The lowest BCUT2D eigenvalue weighted by molar-refractivity contribution is -0.545. The van der Waals surface area contributed by atoms with E-state index in [9.17, 15) is 0 Å². The highest BCUT2D eigenvalue weighted by Crippen LogP contribution is 2.39. The first-order chi connectivity index (χ1) is 15.1. The van der Waals surface area contributed by atoms with Gasteiger partial charge >= 0.3 is 0 Å². The van der Waals surface area contributed by atoms with Crippen LogP contribution in [0.3, 0.4) is 0 Å². The molecule has 0 bridgehead atoms. The fourth-order valence-corrected chi connectivity index (χ4v) is 4.36. The third kappa shape index (κ3) is 3.72. The molecule has 3 aromatic rings. The van der Waals surface area contributed by atoms with Crippen molar-refractivity contribution in [2.24, 2.45) is 0 Å². The highest BCUT2D eigenvalue weighted by molar-refractivity contribution is 6.11. The van der Waals surface area contributed by atoms with Crippen LogP contribution in [-0.2, 0) is 6.42 Å². The van der Waals surface area contributed by atoms with Gasteiger partial charge < -0.3 is 18.9 Å². The van der Waals surface area contributed by atoms with E-state index in [0.29, 0.717) is 0 Å². The number of hydrogen-bond acceptors (Lipinski definition) is 4. The SMILES string of the molecule is COc1ccc(C2Cc3cc(OC)c(OC)cc3C(c3ccccc3)=[N+]2C)cc1OC. The Morgan fingerprint density at radius 2 is 1.32 bits per heavy atom. The van der Waals surface area contributed by atoms with Crippen molar-refractivity contribution in [3.63, 3.8) is 0 Å². The van der Waals surface area contributed by atoms with Crippen molar-refractivity contribution >= 4 is 5.71 Å². The van der Waals surface area contributed by atoms with E-state index in [4.69, 9.17) is 18.9 Å². The molecular weight excluding hydrogens is 390 g/mol. The number of benzene rings is 3. The number of rotatable bonds is 6. The lowest BCUT2D eigenvalue weighted by Gasteiger charge is -2.26. The Hall–Kier alpha value is -3.47. The topological polar surface area (TPSA) is 39.9 Å². The Morgan fingerprint density at radius 3 is 1.97 bits per heavy atom. The van der Waals surface area contributed by atoms with E-state index in [2.05, 4.69) is 60.2 Å². The van der Waals surface area contributed by atoms with E-state index in [1.54, 1.807) is 28.4 Å². The molecule has 0 radical (unpaired) electrons. The summed E-state index contributed by atoms with van der Waals surface area (Å²) in [4.78, 5) is 0. The third-order valence-electron chi connectivity index (χ3n) is 5.94. The lowest BCUT2D eigenvalue weighted by Crippen LogP contribution is -2.31. The number of nitrogens with zero attached hydrogens (tertiary/aromatic N) is 1. The Kier molecular flexibility index (Phi) is 5.85. The molecule has 0 N–H and O–H groups in total. The van der Waals surface area contributed by atoms with Gasteiger partial charge in [0.05, 0.1) is 34.0 Å². The molecule has 3 aromatic carbocycles. The van der Waals surface area contributed by atoms with Crippen molar-refractivity contribution in [3.05, 3.63) is 82.9 Å². The van der Waals surface area contributed by atoms with Crippen LogP contribution in [0.15, 0.2) is 60.7 Å². The molecule has 1 heterocycles. The summed E-state index contributed by atoms with van der Waals surface area (Å²) in [5.41, 5.74) is 5.85. The Labute approximate surface area is 183 Å². The van der Waals surface area contributed by atoms with Crippen LogP contribution in [0.1, 0.15) is 28.3 Å². The molecule has 4 rings (SSSR count). The second-order valence-electron chi connectivity index (χ2n) is 7.52. The standard InChI is InChI=1S/C26H28NO4/c1-27-21(18-11-12-22(28-2)23(14-18)29-3)13-19-15-24(30-4)25(31-5)16-20(19)26(27)17-9-7-6-8-10-17/h6-12,14-16,21H,13H2,1-5H3/q+1. The van der Waals surface area contributed by atoms with Gasteiger partial charge in [0.1, 0.15) is 7.05 Å². The van der Waals surface area contributed by atoms with Gasteiger partial charge in [-0.25, -0.2) is 4.58 Å². The number of fused-ring (bicyclic) bond motifs is 1. The quantitative estimate of drug-likeness (QED) is 0.553. The first kappa shape index (κ1) is 20.8. The first-order valence-corrected chi connectivity index (χ1v) is 10.2. The van der Waals surface area contributed by atoms with Crippen LogP contribution in [0.2, 0.25) is 0 Å². The van der Waals surface area contributed by atoms with Gasteiger partial charge in [-0.1, -0.05) is 18.2 Å². The van der Waals surface area contributed by atoms with Crippen LogP contribution in [0, 0.1) is 0 Å². The second kappa shape index (κ2) is 8.72. The molecule has 0 amide bonds. The highest BCUT2D eigenvalue weighted by Gasteiger charge is 2.35. The molecular formula is C26H28NO4+. The highest BCUT2D eigenvalue weighted by atomic mass is 16.5. The second-order valence-corrected chi connectivity index (χ2v) is 7.52. The molecule has 0 saturated carbocycles. The minimum Gasteiger partial charge on any atom is -0.493 e. The van der Waals surface area contributed by atoms with Crippen LogP contribution in [-0.4, -0.2) is 45.8 Å². The van der Waals surface area contributed by atoms with Gasteiger partial charge in [0.15, 0.2) is 29.0 Å². The zero-order valence-electron chi connectivity index (χ0n) is 18.6. The largest absolute Gasteiger partial charge is 0.493 e. The average Bonchev–Trinajstić information content (AvgIpc) is 2.82. The molecule has 5 nitrogen and oxygen atoms in total. The first-order valence-electron chi connectivity index (χ1n) is 10.2. The van der Waals surface area contributed by atoms with E-state index >= 15 is 0 Å². The van der Waals surface area contributed by atoms with Crippen molar-refractivity contribution in [1.82, 2.24) is 0 Å². The maximum absolute atomic E-state index is 5.60. The van der Waals surface area contributed by atoms with Gasteiger partial charge in [-0.05, 0) is 48.0 Å². The summed E-state index contributed by atoms with van der Waals surface area (Å²) < 4.78 is 24.5. The zero-order valence-corrected chi connectivity index (χ0v) is 18.6. The molecule has 1 unspecified atom stereocenters. The van der Waals surface area contributed by atoms with Crippen molar-refractivity contribution < 1.29 is 23.5 Å². The Balaban J connectivity index is 1.93. The van der Waals surface area contributed by atoms with Gasteiger partial charge in [0, 0.05) is 17.5 Å². The molecule has 1 aliphatic heterocycles. The maximum atomic E-state index is 5.60. The summed E-state index contributed by atoms with van der Waals surface area (Å²) in [6, 6.07) is 20.9. The van der Waals surface area contributed by atoms with Gasteiger partial charge in [0.25, 0.3) is 0 Å². The number of hydrogen-bond donors (Lipinski definition) is 0. The molecule has 5 heteroatoms. The Bertz CT molecular complexity index is 1120. The summed E-state index contributed by atoms with van der Waals surface area (Å²) in [5.74, 6) is 2.92. The summed E-state index contributed by atoms with van der Waals surface area (Å²) in [6.07, 6.45) is 0.831. The van der Waals surface area contributed by atoms with E-state index in [0.717, 1.165) is 51.8 Å². The molecule has 31 heavy (non-hydrogen) atoms. The van der Waals surface area contributed by atoms with Crippen LogP contribution < -0.4 is 18.9 Å². The molecule has 1 aliphatic rings. The van der Waals surface area contributed by atoms with Crippen molar-refractivity contribution in [2.75, 3.05) is 35.5 Å². The normalized spacial score (nSPS) is 15.3. The summed E-state index contributed by atoms with van der Waals surface area (Å²) in [6.45, 7) is 0. The fourth-order valence-electron chi connectivity index (χ4n) is 4.36. The van der Waals surface area contributed by atoms with Crippen LogP contribution in [0.4, 0.5) is 0 Å². The number of methoxy groups -OCH3 is 4. The fraction of sp³-hybridized carbons (Fsp3) is 0.269. The van der Waals surface area contributed by atoms with Crippen LogP contribution >= 0.6 is 0 Å². The van der Waals surface area contributed by atoms with Gasteiger partial charge in [-0.3, -0.25) is 0 Å². The minimum absolute atomic E-state index is 0.126. The van der Waals surface area contributed by atoms with E-state index in [1.807, 2.05) is 12.1 Å². The number of likely N-dealkylation sites (N-methyl/N-ethyl adjacent to an activating group) is 1. The molecule has 160 valence electrons. The van der Waals surface area contributed by atoms with Crippen LogP contribution in [0.25, 0.3) is 0 Å². The third-order valence-corrected chi connectivity index (χ3v) is 5.94. The molecule has 0 fully saturated rings. The monoisotopic (exact) mass is 418 g/mol. The van der Waals surface area contributed by atoms with Crippen molar-refractivity contribution in [1.29, 1.82) is 0 Å². The maximum Gasteiger partial charge on any atom is 0.215 e. The summed E-state index contributed by atoms with van der Waals surface area (Å²) in [5, 5.41) is 0. The molecule has 0 aliphatic carbocycles. The van der Waals surface area contributed by atoms with Gasteiger partial charge in [0.2, 0.25) is 5.71 Å². The Morgan fingerprint density at radius 1 is 0.710 bits per heavy atom. The molecule has 0 spiro atoms. The summed E-state index contributed by atoms with van der Waals surface area (Å²) in [7, 11) is 8.81. The van der Waals surface area contributed by atoms with E-state index in [1.165, 1.54) is 5.56 Å². The smallest absolute Gasteiger partial charge is 0.215 e. The lowest BCUT2D eigenvalue weighted by atomic mass is 9.86. The minimum atomic E-state index is 0.126. The van der Waals surface area contributed by atoms with E-state index < -0.39 is 0 Å². The molecule has 0 aromatic heterocycles. The van der Waals surface area contributed by atoms with Crippen molar-refractivity contribution in [2.45, 2.75) is 12.5 Å².